The van der Waals surface area contributed by atoms with E-state index in [1.54, 1.807) is 7.11 Å². The van der Waals surface area contributed by atoms with Crippen molar-refractivity contribution in [2.45, 2.75) is 56.9 Å². The van der Waals surface area contributed by atoms with Crippen LogP contribution in [0.5, 0.6) is 5.75 Å². The van der Waals surface area contributed by atoms with E-state index in [-0.39, 0.29) is 0 Å². The molecule has 2 heterocycles. The summed E-state index contributed by atoms with van der Waals surface area (Å²) in [5, 5.41) is 7.76. The molecule has 2 atom stereocenters. The van der Waals surface area contributed by atoms with Gasteiger partial charge in [-0.3, -0.25) is 9.89 Å². The van der Waals surface area contributed by atoms with Crippen molar-refractivity contribution in [1.29, 1.82) is 0 Å². The first-order valence-electron chi connectivity index (χ1n) is 10.8. The molecule has 2 aliphatic heterocycles. The van der Waals surface area contributed by atoms with E-state index in [4.69, 9.17) is 16.3 Å². The van der Waals surface area contributed by atoms with Crippen molar-refractivity contribution in [2.24, 2.45) is 4.99 Å². The summed E-state index contributed by atoms with van der Waals surface area (Å²) < 4.78 is 5.45. The fourth-order valence-electron chi connectivity index (χ4n) is 4.88. The van der Waals surface area contributed by atoms with Crippen molar-refractivity contribution < 1.29 is 4.74 Å². The molecule has 0 aliphatic carbocycles. The van der Waals surface area contributed by atoms with Crippen molar-refractivity contribution in [3.05, 3.63) is 64.7 Å². The summed E-state index contributed by atoms with van der Waals surface area (Å²) in [6, 6.07) is 18.3. The zero-order chi connectivity index (χ0) is 20.9. The summed E-state index contributed by atoms with van der Waals surface area (Å²) in [5.74, 6) is 1.63. The molecule has 2 bridgehead atoms. The number of rotatable bonds is 6. The number of methoxy groups -OCH3 is 1. The molecule has 2 N–H and O–H groups in total. The summed E-state index contributed by atoms with van der Waals surface area (Å²) in [6.07, 6.45) is 4.91. The highest BCUT2D eigenvalue weighted by atomic mass is 35.5. The van der Waals surface area contributed by atoms with Crippen LogP contribution in [0.4, 0.5) is 0 Å². The van der Waals surface area contributed by atoms with Gasteiger partial charge in [0.2, 0.25) is 0 Å². The maximum atomic E-state index is 6.07. The molecule has 2 aromatic carbocycles. The number of ether oxygens (including phenoxy) is 1. The van der Waals surface area contributed by atoms with Crippen LogP contribution in [0.15, 0.2) is 53.5 Å². The maximum absolute atomic E-state index is 6.07. The summed E-state index contributed by atoms with van der Waals surface area (Å²) in [7, 11) is 3.49. The van der Waals surface area contributed by atoms with Gasteiger partial charge in [-0.05, 0) is 43.4 Å². The van der Waals surface area contributed by atoms with Gasteiger partial charge in [0, 0.05) is 48.8 Å². The smallest absolute Gasteiger partial charge is 0.191 e. The third-order valence-electron chi connectivity index (χ3n) is 6.35. The minimum absolute atomic E-state index is 0.452. The molecule has 0 amide bonds. The number of halogens is 1. The predicted molar refractivity (Wildman–Crippen MR) is 123 cm³/mol. The Morgan fingerprint density at radius 3 is 2.53 bits per heavy atom. The molecule has 2 saturated heterocycles. The van der Waals surface area contributed by atoms with Crippen molar-refractivity contribution in [3.63, 3.8) is 0 Å². The second-order valence-electron chi connectivity index (χ2n) is 8.24. The highest BCUT2D eigenvalue weighted by Crippen LogP contribution is 2.36. The van der Waals surface area contributed by atoms with Crippen molar-refractivity contribution in [2.75, 3.05) is 14.2 Å². The number of nitrogens with zero attached hydrogens (tertiary/aromatic N) is 2. The second-order valence-corrected chi connectivity index (χ2v) is 8.67. The molecule has 0 radical (unpaired) electrons. The lowest BCUT2D eigenvalue weighted by molar-refractivity contribution is 0.114. The van der Waals surface area contributed by atoms with E-state index in [9.17, 15) is 0 Å². The fourth-order valence-corrected chi connectivity index (χ4v) is 5.04. The number of nitrogens with one attached hydrogen (secondary N) is 2. The third-order valence-corrected chi connectivity index (χ3v) is 6.59. The van der Waals surface area contributed by atoms with E-state index < -0.39 is 0 Å². The van der Waals surface area contributed by atoms with Gasteiger partial charge >= 0.3 is 0 Å². The van der Waals surface area contributed by atoms with E-state index in [0.717, 1.165) is 36.7 Å². The maximum Gasteiger partial charge on any atom is 0.191 e. The predicted octanol–water partition coefficient (Wildman–Crippen LogP) is 4.21. The quantitative estimate of drug-likeness (QED) is 0.536. The summed E-state index contributed by atoms with van der Waals surface area (Å²) in [5.41, 5.74) is 2.47. The molecule has 30 heavy (non-hydrogen) atoms. The Morgan fingerprint density at radius 2 is 1.87 bits per heavy atom. The first kappa shape index (κ1) is 21.0. The van der Waals surface area contributed by atoms with Crippen LogP contribution in [0.3, 0.4) is 0 Å². The minimum Gasteiger partial charge on any atom is -0.496 e. The number of aliphatic imine (C=N–C) groups is 1. The SMILES string of the molecule is CN=C(NCc1ccc(Cl)cc1OC)NC1CC2CCC(C1)N2Cc1ccccc1. The topological polar surface area (TPSA) is 48.9 Å². The molecule has 5 nitrogen and oxygen atoms in total. The van der Waals surface area contributed by atoms with Crippen LogP contribution in [-0.2, 0) is 13.1 Å². The second kappa shape index (κ2) is 9.71. The molecule has 0 spiro atoms. The van der Waals surface area contributed by atoms with Gasteiger partial charge < -0.3 is 15.4 Å². The van der Waals surface area contributed by atoms with E-state index >= 15 is 0 Å². The standard InChI is InChI=1S/C24H31ClN4O/c1-26-24(27-15-18-8-9-19(25)12-23(18)30-2)28-20-13-21-10-11-22(14-20)29(21)16-17-6-4-3-5-7-17/h3-9,12,20-22H,10-11,13-16H2,1-2H3,(H2,26,27,28). The van der Waals surface area contributed by atoms with Gasteiger partial charge in [0.05, 0.1) is 7.11 Å². The van der Waals surface area contributed by atoms with Crippen molar-refractivity contribution in [1.82, 2.24) is 15.5 Å². The average molecular weight is 427 g/mol. The van der Waals surface area contributed by atoms with E-state index in [2.05, 4.69) is 50.9 Å². The number of hydrogen-bond acceptors (Lipinski definition) is 3. The Balaban J connectivity index is 1.32. The van der Waals surface area contributed by atoms with E-state index in [0.29, 0.717) is 29.7 Å². The van der Waals surface area contributed by atoms with Gasteiger partial charge in [-0.15, -0.1) is 0 Å². The molecule has 4 rings (SSSR count). The van der Waals surface area contributed by atoms with Crippen LogP contribution >= 0.6 is 11.6 Å². The molecule has 6 heteroatoms. The number of hydrogen-bond donors (Lipinski definition) is 2. The van der Waals surface area contributed by atoms with Gasteiger partial charge in [-0.25, -0.2) is 0 Å². The van der Waals surface area contributed by atoms with Crippen LogP contribution in [0.2, 0.25) is 5.02 Å². The number of guanidine groups is 1. The Labute approximate surface area is 184 Å². The first-order valence-corrected chi connectivity index (χ1v) is 11.1. The third kappa shape index (κ3) is 4.90. The number of piperidine rings is 1. The molecule has 0 saturated carbocycles. The molecule has 2 aliphatic rings. The largest absolute Gasteiger partial charge is 0.496 e. The molecule has 2 fully saturated rings. The van der Waals surface area contributed by atoms with Crippen LogP contribution in [-0.4, -0.2) is 43.1 Å². The Hall–Kier alpha value is -2.24. The van der Waals surface area contributed by atoms with Crippen molar-refractivity contribution in [3.8, 4) is 5.75 Å². The van der Waals surface area contributed by atoms with Gasteiger partial charge in [0.15, 0.2) is 5.96 Å². The fraction of sp³-hybridized carbons (Fsp3) is 0.458. The Kier molecular flexibility index (Phi) is 6.80. The summed E-state index contributed by atoms with van der Waals surface area (Å²) >= 11 is 6.07. The zero-order valence-electron chi connectivity index (χ0n) is 17.8. The van der Waals surface area contributed by atoms with E-state index in [1.807, 2.05) is 25.2 Å². The molecule has 0 aromatic heterocycles. The zero-order valence-corrected chi connectivity index (χ0v) is 18.5. The van der Waals surface area contributed by atoms with E-state index in [1.165, 1.54) is 18.4 Å². The van der Waals surface area contributed by atoms with Crippen LogP contribution in [0.25, 0.3) is 0 Å². The molecule has 160 valence electrons. The van der Waals surface area contributed by atoms with Gasteiger partial charge in [0.1, 0.15) is 5.75 Å². The van der Waals surface area contributed by atoms with Crippen LogP contribution in [0.1, 0.15) is 36.8 Å². The number of benzene rings is 2. The lowest BCUT2D eigenvalue weighted by Crippen LogP contribution is -2.52. The molecular weight excluding hydrogens is 396 g/mol. The van der Waals surface area contributed by atoms with Gasteiger partial charge in [0.25, 0.3) is 0 Å². The summed E-state index contributed by atoms with van der Waals surface area (Å²) in [6.45, 7) is 1.70. The van der Waals surface area contributed by atoms with Gasteiger partial charge in [-0.1, -0.05) is 48.0 Å². The molecule has 2 unspecified atom stereocenters. The highest BCUT2D eigenvalue weighted by Gasteiger charge is 2.40. The summed E-state index contributed by atoms with van der Waals surface area (Å²) in [4.78, 5) is 7.15. The van der Waals surface area contributed by atoms with Gasteiger partial charge in [-0.2, -0.15) is 0 Å². The monoisotopic (exact) mass is 426 g/mol. The molecule has 2 aromatic rings. The lowest BCUT2D eigenvalue weighted by Gasteiger charge is -2.39. The number of fused-ring (bicyclic) bond motifs is 2. The average Bonchev–Trinajstić information content (AvgIpc) is 3.00. The minimum atomic E-state index is 0.452. The van der Waals surface area contributed by atoms with Crippen molar-refractivity contribution >= 4 is 17.6 Å². The Morgan fingerprint density at radius 1 is 1.13 bits per heavy atom. The van der Waals surface area contributed by atoms with Crippen LogP contribution < -0.4 is 15.4 Å². The normalized spacial score (nSPS) is 24.0. The first-order chi connectivity index (χ1) is 14.7. The highest BCUT2D eigenvalue weighted by molar-refractivity contribution is 6.30. The lowest BCUT2D eigenvalue weighted by atomic mass is 9.96. The Bertz CT molecular complexity index is 859. The molecular formula is C24H31ClN4O. The van der Waals surface area contributed by atoms with Crippen LogP contribution in [0, 0.1) is 0 Å².